The minimum Gasteiger partial charge on any atom is -0.497 e. The molecule has 0 radical (unpaired) electrons. The number of methoxy groups -OCH3 is 1. The van der Waals surface area contributed by atoms with Gasteiger partial charge in [-0.25, -0.2) is 0 Å². The van der Waals surface area contributed by atoms with E-state index >= 15 is 0 Å². The largest absolute Gasteiger partial charge is 0.497 e. The summed E-state index contributed by atoms with van der Waals surface area (Å²) in [5.41, 5.74) is 9.64. The summed E-state index contributed by atoms with van der Waals surface area (Å²) in [5, 5.41) is 1.13. The van der Waals surface area contributed by atoms with E-state index in [4.69, 9.17) is 15.2 Å². The van der Waals surface area contributed by atoms with E-state index in [2.05, 4.69) is 4.57 Å². The summed E-state index contributed by atoms with van der Waals surface area (Å²) in [7, 11) is 1.66. The van der Waals surface area contributed by atoms with E-state index in [0.717, 1.165) is 35.9 Å². The van der Waals surface area contributed by atoms with Gasteiger partial charge in [-0.1, -0.05) is 0 Å². The molecule has 1 unspecified atom stereocenters. The molecule has 6 heteroatoms. The van der Waals surface area contributed by atoms with Crippen LogP contribution < -0.4 is 10.5 Å². The molecule has 1 atom stereocenters. The van der Waals surface area contributed by atoms with Crippen LogP contribution in [0.3, 0.4) is 0 Å². The fraction of sp³-hybridized carbons (Fsp3) is 0.471. The predicted octanol–water partition coefficient (Wildman–Crippen LogP) is 2.61. The van der Waals surface area contributed by atoms with Gasteiger partial charge in [-0.15, -0.1) is 17.0 Å². The van der Waals surface area contributed by atoms with Crippen LogP contribution in [0.25, 0.3) is 10.9 Å². The number of aromatic nitrogens is 1. The van der Waals surface area contributed by atoms with Gasteiger partial charge < -0.3 is 19.8 Å². The van der Waals surface area contributed by atoms with Crippen LogP contribution in [0, 0.1) is 0 Å². The monoisotopic (exact) mass is 382 g/mol. The van der Waals surface area contributed by atoms with Crippen molar-refractivity contribution in [2.45, 2.75) is 38.8 Å². The van der Waals surface area contributed by atoms with Crippen LogP contribution in [0.15, 0.2) is 18.2 Å². The summed E-state index contributed by atoms with van der Waals surface area (Å²) < 4.78 is 12.5. The first-order valence-corrected chi connectivity index (χ1v) is 7.73. The molecule has 1 aromatic heterocycles. The Balaban J connectivity index is 0.00000192. The average molecular weight is 383 g/mol. The Kier molecular flexibility index (Phi) is 5.70. The van der Waals surface area contributed by atoms with Crippen molar-refractivity contribution in [1.82, 2.24) is 4.57 Å². The summed E-state index contributed by atoms with van der Waals surface area (Å²) in [6.07, 6.45) is 2.69. The topological polar surface area (TPSA) is 66.5 Å². The molecule has 0 bridgehead atoms. The van der Waals surface area contributed by atoms with Gasteiger partial charge in [-0.05, 0) is 49.9 Å². The maximum Gasteiger partial charge on any atom is 0.325 e. The van der Waals surface area contributed by atoms with Gasteiger partial charge in [0, 0.05) is 22.6 Å². The molecule has 0 saturated carbocycles. The predicted molar refractivity (Wildman–Crippen MR) is 95.4 cm³/mol. The lowest BCUT2D eigenvalue weighted by atomic mass is 9.92. The molecule has 1 aliphatic carbocycles. The van der Waals surface area contributed by atoms with Gasteiger partial charge in [0.25, 0.3) is 0 Å². The third kappa shape index (κ3) is 3.38. The van der Waals surface area contributed by atoms with Crippen LogP contribution in [0.4, 0.5) is 0 Å². The fourth-order valence-electron chi connectivity index (χ4n) is 3.30. The van der Waals surface area contributed by atoms with E-state index < -0.39 is 0 Å². The number of nitrogens with zero attached hydrogens (tertiary/aromatic N) is 1. The van der Waals surface area contributed by atoms with Crippen molar-refractivity contribution in [3.8, 4) is 5.75 Å². The van der Waals surface area contributed by atoms with Crippen molar-refractivity contribution in [2.75, 3.05) is 13.7 Å². The van der Waals surface area contributed by atoms with E-state index in [1.165, 1.54) is 11.3 Å². The quantitative estimate of drug-likeness (QED) is 0.825. The molecule has 3 rings (SSSR count). The summed E-state index contributed by atoms with van der Waals surface area (Å²) in [6.45, 7) is 2.48. The summed E-state index contributed by atoms with van der Waals surface area (Å²) >= 11 is 0. The van der Waals surface area contributed by atoms with Crippen molar-refractivity contribution in [3.63, 3.8) is 0 Å². The minimum atomic E-state index is -0.201. The molecular weight excluding hydrogens is 360 g/mol. The van der Waals surface area contributed by atoms with Gasteiger partial charge in [0.1, 0.15) is 12.3 Å². The minimum absolute atomic E-state index is 0. The number of benzene rings is 1. The highest BCUT2D eigenvalue weighted by Gasteiger charge is 2.25. The lowest BCUT2D eigenvalue weighted by Crippen LogP contribution is -2.28. The summed E-state index contributed by atoms with van der Waals surface area (Å²) in [5.74, 6) is 0.621. The number of carbonyl (C=O) groups is 1. The molecule has 0 aliphatic heterocycles. The van der Waals surface area contributed by atoms with Gasteiger partial charge in [-0.3, -0.25) is 4.79 Å². The first-order chi connectivity index (χ1) is 10.6. The van der Waals surface area contributed by atoms with Crippen molar-refractivity contribution < 1.29 is 14.3 Å². The highest BCUT2D eigenvalue weighted by Crippen LogP contribution is 2.34. The van der Waals surface area contributed by atoms with Crippen LogP contribution in [0.2, 0.25) is 0 Å². The van der Waals surface area contributed by atoms with Crippen LogP contribution in [0.5, 0.6) is 5.75 Å². The van der Waals surface area contributed by atoms with Crippen molar-refractivity contribution >= 4 is 33.9 Å². The zero-order valence-corrected chi connectivity index (χ0v) is 15.2. The number of hydrogen-bond donors (Lipinski definition) is 1. The Morgan fingerprint density at radius 1 is 1.43 bits per heavy atom. The Bertz CT molecular complexity index is 711. The number of nitrogens with two attached hydrogens (primary N) is 1. The Morgan fingerprint density at radius 3 is 2.91 bits per heavy atom. The number of halogens is 1. The Hall–Kier alpha value is -1.53. The number of fused-ring (bicyclic) bond motifs is 3. The summed E-state index contributed by atoms with van der Waals surface area (Å²) in [4.78, 5) is 11.9. The van der Waals surface area contributed by atoms with E-state index in [9.17, 15) is 4.79 Å². The molecule has 0 amide bonds. The SMILES string of the molecule is Br.CCOC(=O)Cn1c2c(c3cc(OC)ccc31)CC(N)CC2. The normalized spacial score (nSPS) is 16.6. The number of hydrogen-bond acceptors (Lipinski definition) is 4. The molecule has 2 N–H and O–H groups in total. The van der Waals surface area contributed by atoms with Crippen LogP contribution in [0.1, 0.15) is 24.6 Å². The van der Waals surface area contributed by atoms with Crippen LogP contribution in [-0.2, 0) is 28.9 Å². The highest BCUT2D eigenvalue weighted by molar-refractivity contribution is 8.93. The molecule has 2 aromatic rings. The smallest absolute Gasteiger partial charge is 0.325 e. The number of rotatable bonds is 4. The zero-order valence-electron chi connectivity index (χ0n) is 13.5. The first-order valence-electron chi connectivity index (χ1n) is 7.73. The maximum atomic E-state index is 11.9. The molecule has 0 spiro atoms. The number of esters is 1. The van der Waals surface area contributed by atoms with Crippen LogP contribution in [-0.4, -0.2) is 30.3 Å². The molecular formula is C17H23BrN2O3. The first kappa shape index (κ1) is 17.8. The summed E-state index contributed by atoms with van der Waals surface area (Å²) in [6, 6.07) is 6.15. The molecule has 1 heterocycles. The van der Waals surface area contributed by atoms with Gasteiger partial charge in [-0.2, -0.15) is 0 Å². The van der Waals surface area contributed by atoms with E-state index in [-0.39, 0.29) is 35.5 Å². The standard InChI is InChI=1S/C17H22N2O3.BrH/c1-3-22-17(20)10-19-15-6-4-11(18)8-13(15)14-9-12(21-2)5-7-16(14)19;/h5,7,9,11H,3-4,6,8,10,18H2,1-2H3;1H. The maximum absolute atomic E-state index is 11.9. The number of ether oxygens (including phenoxy) is 2. The zero-order chi connectivity index (χ0) is 15.7. The lowest BCUT2D eigenvalue weighted by molar-refractivity contribution is -0.143. The van der Waals surface area contributed by atoms with Gasteiger partial charge in [0.15, 0.2) is 0 Å². The van der Waals surface area contributed by atoms with Crippen molar-refractivity contribution in [3.05, 3.63) is 29.5 Å². The van der Waals surface area contributed by atoms with E-state index in [1.807, 2.05) is 25.1 Å². The molecule has 23 heavy (non-hydrogen) atoms. The van der Waals surface area contributed by atoms with Gasteiger partial charge >= 0.3 is 5.97 Å². The second kappa shape index (κ2) is 7.36. The third-order valence-corrected chi connectivity index (χ3v) is 4.30. The van der Waals surface area contributed by atoms with E-state index in [1.54, 1.807) is 7.11 Å². The average Bonchev–Trinajstić information content (AvgIpc) is 2.80. The highest BCUT2D eigenvalue weighted by atomic mass is 79.9. The molecule has 1 aromatic carbocycles. The van der Waals surface area contributed by atoms with Gasteiger partial charge in [0.2, 0.25) is 0 Å². The Morgan fingerprint density at radius 2 is 2.22 bits per heavy atom. The van der Waals surface area contributed by atoms with Crippen molar-refractivity contribution in [2.24, 2.45) is 5.73 Å². The van der Waals surface area contributed by atoms with Gasteiger partial charge in [0.05, 0.1) is 13.7 Å². The Labute approximate surface area is 146 Å². The molecule has 1 aliphatic rings. The number of carbonyl (C=O) groups excluding carboxylic acids is 1. The molecule has 0 fully saturated rings. The van der Waals surface area contributed by atoms with Crippen molar-refractivity contribution in [1.29, 1.82) is 0 Å². The van der Waals surface area contributed by atoms with E-state index in [0.29, 0.717) is 6.61 Å². The molecule has 0 saturated heterocycles. The lowest BCUT2D eigenvalue weighted by Gasteiger charge is -2.20. The molecule has 5 nitrogen and oxygen atoms in total. The fourth-order valence-corrected chi connectivity index (χ4v) is 3.30. The second-order valence-electron chi connectivity index (χ2n) is 5.70. The third-order valence-electron chi connectivity index (χ3n) is 4.30. The second-order valence-corrected chi connectivity index (χ2v) is 5.70. The molecule has 126 valence electrons. The van der Waals surface area contributed by atoms with Crippen LogP contribution >= 0.6 is 17.0 Å².